The first-order valence-corrected chi connectivity index (χ1v) is 5.95. The fraction of sp³-hybridized carbons (Fsp3) is 0.231. The number of rotatable bonds is 0. The lowest BCUT2D eigenvalue weighted by Crippen LogP contribution is -2.36. The Morgan fingerprint density at radius 2 is 2.00 bits per heavy atom. The fourth-order valence-electron chi connectivity index (χ4n) is 2.96. The van der Waals surface area contributed by atoms with Crippen LogP contribution in [-0.4, -0.2) is 22.9 Å². The molecule has 3 aliphatic heterocycles. The first-order chi connectivity index (χ1) is 8.74. The summed E-state index contributed by atoms with van der Waals surface area (Å²) in [6.07, 6.45) is 2.41. The number of anilines is 1. The molecule has 3 heterocycles. The van der Waals surface area contributed by atoms with Gasteiger partial charge in [-0.3, -0.25) is 15.0 Å². The zero-order valence-electron chi connectivity index (χ0n) is 9.51. The molecule has 0 radical (unpaired) electrons. The molecule has 1 fully saturated rings. The van der Waals surface area contributed by atoms with Crippen molar-refractivity contribution in [1.82, 2.24) is 10.2 Å². The number of nitrogens with zero attached hydrogens (tertiary/aromatic N) is 1. The quantitative estimate of drug-likeness (QED) is 0.674. The smallest absolute Gasteiger partial charge is 0.328 e. The van der Waals surface area contributed by atoms with Gasteiger partial charge < -0.3 is 5.32 Å². The van der Waals surface area contributed by atoms with Gasteiger partial charge >= 0.3 is 6.03 Å². The van der Waals surface area contributed by atoms with E-state index in [9.17, 15) is 9.59 Å². The summed E-state index contributed by atoms with van der Waals surface area (Å²) >= 11 is 0. The van der Waals surface area contributed by atoms with E-state index in [0.29, 0.717) is 6.42 Å². The van der Waals surface area contributed by atoms with Crippen LogP contribution in [-0.2, 0) is 4.79 Å². The number of allylic oxidation sites excluding steroid dienone is 1. The molecule has 5 heteroatoms. The number of amides is 3. The zero-order chi connectivity index (χ0) is 12.3. The number of carbonyl (C=O) groups excluding carboxylic acids is 2. The van der Waals surface area contributed by atoms with Gasteiger partial charge in [0.05, 0.1) is 0 Å². The van der Waals surface area contributed by atoms with E-state index in [2.05, 4.69) is 16.7 Å². The molecule has 2 unspecified atom stereocenters. The van der Waals surface area contributed by atoms with Crippen LogP contribution in [0.3, 0.4) is 0 Å². The SMILES string of the molecule is O=C1NC(=O)N2C=C3Nc4ccccc4C3CC12. The maximum atomic E-state index is 11.7. The Hall–Kier alpha value is -2.30. The third kappa shape index (κ3) is 1.11. The van der Waals surface area contributed by atoms with Gasteiger partial charge in [0, 0.05) is 23.5 Å². The summed E-state index contributed by atoms with van der Waals surface area (Å²) in [6, 6.07) is 7.37. The van der Waals surface area contributed by atoms with Gasteiger partial charge in [-0.2, -0.15) is 0 Å². The van der Waals surface area contributed by atoms with E-state index in [1.165, 1.54) is 10.5 Å². The maximum Gasteiger partial charge on any atom is 0.328 e. The fourth-order valence-corrected chi connectivity index (χ4v) is 2.96. The number of para-hydroxylation sites is 1. The Balaban J connectivity index is 1.80. The van der Waals surface area contributed by atoms with Gasteiger partial charge in [-0.25, -0.2) is 4.79 Å². The molecule has 0 aromatic heterocycles. The molecule has 1 aromatic carbocycles. The number of urea groups is 1. The predicted molar refractivity (Wildman–Crippen MR) is 64.7 cm³/mol. The van der Waals surface area contributed by atoms with Gasteiger partial charge in [0.25, 0.3) is 5.91 Å². The lowest BCUT2D eigenvalue weighted by molar-refractivity contribution is -0.121. The summed E-state index contributed by atoms with van der Waals surface area (Å²) in [5.41, 5.74) is 3.27. The molecule has 0 bridgehead atoms. The van der Waals surface area contributed by atoms with Crippen LogP contribution in [0.4, 0.5) is 10.5 Å². The molecule has 90 valence electrons. The predicted octanol–water partition coefficient (Wildman–Crippen LogP) is 1.36. The second kappa shape index (κ2) is 3.13. The standard InChI is InChI=1S/C13H11N3O2/c17-12-11-5-8-7-3-1-2-4-9(7)14-10(8)6-16(11)13(18)15-12/h1-4,6,8,11,14H,5H2,(H,15,17,18). The number of hydrogen-bond donors (Lipinski definition) is 2. The van der Waals surface area contributed by atoms with E-state index < -0.39 is 0 Å². The number of nitrogens with one attached hydrogen (secondary N) is 2. The van der Waals surface area contributed by atoms with Crippen molar-refractivity contribution in [3.63, 3.8) is 0 Å². The van der Waals surface area contributed by atoms with Gasteiger partial charge in [0.15, 0.2) is 0 Å². The van der Waals surface area contributed by atoms with Crippen LogP contribution in [0.25, 0.3) is 0 Å². The van der Waals surface area contributed by atoms with E-state index >= 15 is 0 Å². The molecule has 18 heavy (non-hydrogen) atoms. The lowest BCUT2D eigenvalue weighted by atomic mass is 9.89. The van der Waals surface area contributed by atoms with E-state index in [-0.39, 0.29) is 23.9 Å². The largest absolute Gasteiger partial charge is 0.357 e. The molecule has 5 nitrogen and oxygen atoms in total. The van der Waals surface area contributed by atoms with Crippen molar-refractivity contribution in [2.24, 2.45) is 0 Å². The average molecular weight is 241 g/mol. The van der Waals surface area contributed by atoms with Crippen molar-refractivity contribution < 1.29 is 9.59 Å². The van der Waals surface area contributed by atoms with Crippen molar-refractivity contribution >= 4 is 17.6 Å². The number of hydrogen-bond acceptors (Lipinski definition) is 3. The molecule has 4 rings (SSSR count). The summed E-state index contributed by atoms with van der Waals surface area (Å²) in [7, 11) is 0. The number of carbonyl (C=O) groups is 2. The van der Waals surface area contributed by atoms with Gasteiger partial charge in [0.2, 0.25) is 0 Å². The topological polar surface area (TPSA) is 61.4 Å². The molecule has 0 spiro atoms. The van der Waals surface area contributed by atoms with Gasteiger partial charge in [-0.1, -0.05) is 18.2 Å². The minimum Gasteiger partial charge on any atom is -0.357 e. The second-order valence-electron chi connectivity index (χ2n) is 4.80. The van der Waals surface area contributed by atoms with Crippen LogP contribution in [0.2, 0.25) is 0 Å². The van der Waals surface area contributed by atoms with Gasteiger partial charge in [0.1, 0.15) is 6.04 Å². The van der Waals surface area contributed by atoms with E-state index in [4.69, 9.17) is 0 Å². The number of benzene rings is 1. The van der Waals surface area contributed by atoms with Crippen LogP contribution in [0.15, 0.2) is 36.2 Å². The highest BCUT2D eigenvalue weighted by Gasteiger charge is 2.45. The monoisotopic (exact) mass is 241 g/mol. The summed E-state index contributed by atoms with van der Waals surface area (Å²) < 4.78 is 0. The zero-order valence-corrected chi connectivity index (χ0v) is 9.51. The van der Waals surface area contributed by atoms with Crippen LogP contribution in [0, 0.1) is 0 Å². The van der Waals surface area contributed by atoms with Crippen molar-refractivity contribution in [1.29, 1.82) is 0 Å². The minimum atomic E-state index is -0.362. The molecule has 1 saturated heterocycles. The molecule has 2 N–H and O–H groups in total. The van der Waals surface area contributed by atoms with E-state index in [0.717, 1.165) is 11.4 Å². The normalized spacial score (nSPS) is 28.0. The summed E-state index contributed by atoms with van der Waals surface area (Å²) in [6.45, 7) is 0. The minimum absolute atomic E-state index is 0.194. The Labute approximate surface area is 103 Å². The highest BCUT2D eigenvalue weighted by atomic mass is 16.2. The maximum absolute atomic E-state index is 11.7. The van der Waals surface area contributed by atoms with Crippen molar-refractivity contribution in [2.75, 3.05) is 5.32 Å². The highest BCUT2D eigenvalue weighted by molar-refractivity contribution is 6.05. The summed E-state index contributed by atoms with van der Waals surface area (Å²) in [5, 5.41) is 5.66. The van der Waals surface area contributed by atoms with Crippen molar-refractivity contribution in [3.05, 3.63) is 41.7 Å². The molecule has 3 amide bonds. The molecule has 2 atom stereocenters. The highest BCUT2D eigenvalue weighted by Crippen LogP contribution is 2.44. The summed E-state index contributed by atoms with van der Waals surface area (Å²) in [4.78, 5) is 24.8. The third-order valence-corrected chi connectivity index (χ3v) is 3.83. The molecule has 3 aliphatic rings. The van der Waals surface area contributed by atoms with Crippen molar-refractivity contribution in [3.8, 4) is 0 Å². The molecule has 1 aromatic rings. The number of fused-ring (bicyclic) bond motifs is 4. The van der Waals surface area contributed by atoms with Crippen LogP contribution in [0.1, 0.15) is 17.9 Å². The average Bonchev–Trinajstić information content (AvgIpc) is 2.86. The second-order valence-corrected chi connectivity index (χ2v) is 4.80. The Bertz CT molecular complexity index is 608. The molecular formula is C13H11N3O2. The molecule has 0 aliphatic carbocycles. The lowest BCUT2D eigenvalue weighted by Gasteiger charge is -2.27. The van der Waals surface area contributed by atoms with E-state index in [1.54, 1.807) is 6.20 Å². The molecular weight excluding hydrogens is 230 g/mol. The Kier molecular flexibility index (Phi) is 1.69. The van der Waals surface area contributed by atoms with Crippen LogP contribution < -0.4 is 10.6 Å². The summed E-state index contributed by atoms with van der Waals surface area (Å²) in [5.74, 6) is -0.00113. The molecule has 0 saturated carbocycles. The first kappa shape index (κ1) is 9.70. The third-order valence-electron chi connectivity index (χ3n) is 3.83. The van der Waals surface area contributed by atoms with Gasteiger partial charge in [-0.05, 0) is 18.1 Å². The van der Waals surface area contributed by atoms with Crippen LogP contribution >= 0.6 is 0 Å². The Morgan fingerprint density at radius 1 is 1.17 bits per heavy atom. The Morgan fingerprint density at radius 3 is 2.89 bits per heavy atom. The van der Waals surface area contributed by atoms with Gasteiger partial charge in [-0.15, -0.1) is 0 Å². The first-order valence-electron chi connectivity index (χ1n) is 5.95. The van der Waals surface area contributed by atoms with E-state index in [1.807, 2.05) is 18.2 Å². The van der Waals surface area contributed by atoms with Crippen LogP contribution in [0.5, 0.6) is 0 Å². The van der Waals surface area contributed by atoms with Crippen molar-refractivity contribution in [2.45, 2.75) is 18.4 Å². The number of imide groups is 1.